The fraction of sp³-hybridized carbons (Fsp3) is 0.417. The number of hydrogen-bond acceptors (Lipinski definition) is 3. The second-order valence-corrected chi connectivity index (χ2v) is 7.93. The van der Waals surface area contributed by atoms with Crippen LogP contribution in [0.5, 0.6) is 0 Å². The fourth-order valence-electron chi connectivity index (χ4n) is 4.20. The standard InChI is InChI=1S/C24H30N2O3/c25-22(17-19-10-5-2-6-11-19)23(27)26-15-7-12-21(26)14-13-20(24(28)29)16-18-8-3-1-4-9-18/h1-6,8-11,20-22H,7,12-17,25H2,(H,28,29)/t20?,21?,22-/m0/s1. The SMILES string of the molecule is N[C@@H](Cc1ccccc1)C(=O)N1CCCC1CCC(Cc1ccccc1)C(=O)O. The van der Waals surface area contributed by atoms with Gasteiger partial charge in [-0.15, -0.1) is 0 Å². The van der Waals surface area contributed by atoms with Gasteiger partial charge in [-0.3, -0.25) is 9.59 Å². The smallest absolute Gasteiger partial charge is 0.306 e. The van der Waals surface area contributed by atoms with Crippen molar-refractivity contribution in [2.24, 2.45) is 11.7 Å². The van der Waals surface area contributed by atoms with Gasteiger partial charge in [0, 0.05) is 12.6 Å². The number of nitrogens with two attached hydrogens (primary N) is 1. The Morgan fingerprint density at radius 2 is 1.59 bits per heavy atom. The molecule has 3 N–H and O–H groups in total. The Kier molecular flexibility index (Phi) is 7.42. The highest BCUT2D eigenvalue weighted by atomic mass is 16.4. The van der Waals surface area contributed by atoms with Crippen LogP contribution in [0, 0.1) is 5.92 Å². The molecule has 1 amide bonds. The molecule has 2 unspecified atom stereocenters. The Balaban J connectivity index is 1.56. The van der Waals surface area contributed by atoms with Crippen LogP contribution in [-0.4, -0.2) is 40.5 Å². The molecule has 0 aliphatic carbocycles. The molecule has 3 atom stereocenters. The quantitative estimate of drug-likeness (QED) is 0.684. The summed E-state index contributed by atoms with van der Waals surface area (Å²) in [7, 11) is 0. The number of carboxylic acids is 1. The summed E-state index contributed by atoms with van der Waals surface area (Å²) in [6, 6.07) is 19.0. The van der Waals surface area contributed by atoms with E-state index in [0.29, 0.717) is 32.2 Å². The normalized spacial score (nSPS) is 18.4. The van der Waals surface area contributed by atoms with Gasteiger partial charge in [0.1, 0.15) is 0 Å². The molecule has 154 valence electrons. The molecule has 1 aliphatic rings. The summed E-state index contributed by atoms with van der Waals surface area (Å²) in [6.07, 6.45) is 4.17. The van der Waals surface area contributed by atoms with E-state index in [1.165, 1.54) is 0 Å². The second-order valence-electron chi connectivity index (χ2n) is 7.93. The predicted octanol–water partition coefficient (Wildman–Crippen LogP) is 3.27. The lowest BCUT2D eigenvalue weighted by molar-refractivity contribution is -0.142. The summed E-state index contributed by atoms with van der Waals surface area (Å²) >= 11 is 0. The van der Waals surface area contributed by atoms with Gasteiger partial charge in [0.05, 0.1) is 12.0 Å². The Bertz CT molecular complexity index is 794. The maximum absolute atomic E-state index is 12.9. The minimum absolute atomic E-state index is 0.0220. The van der Waals surface area contributed by atoms with Crippen molar-refractivity contribution in [1.82, 2.24) is 4.90 Å². The third-order valence-corrected chi connectivity index (χ3v) is 5.80. The molecular weight excluding hydrogens is 364 g/mol. The van der Waals surface area contributed by atoms with Crippen molar-refractivity contribution in [2.45, 2.75) is 50.6 Å². The van der Waals surface area contributed by atoms with Crippen LogP contribution in [0.2, 0.25) is 0 Å². The number of benzene rings is 2. The Morgan fingerprint density at radius 1 is 1.00 bits per heavy atom. The molecule has 2 aromatic carbocycles. The third-order valence-electron chi connectivity index (χ3n) is 5.80. The van der Waals surface area contributed by atoms with Crippen LogP contribution >= 0.6 is 0 Å². The molecule has 0 saturated carbocycles. The third kappa shape index (κ3) is 5.91. The molecule has 29 heavy (non-hydrogen) atoms. The molecule has 0 spiro atoms. The maximum atomic E-state index is 12.9. The van der Waals surface area contributed by atoms with Gasteiger partial charge in [-0.05, 0) is 49.7 Å². The van der Waals surface area contributed by atoms with Gasteiger partial charge in [-0.2, -0.15) is 0 Å². The van der Waals surface area contributed by atoms with E-state index in [-0.39, 0.29) is 11.9 Å². The summed E-state index contributed by atoms with van der Waals surface area (Å²) < 4.78 is 0. The average Bonchev–Trinajstić information content (AvgIpc) is 3.20. The number of aliphatic carboxylic acids is 1. The topological polar surface area (TPSA) is 83.6 Å². The van der Waals surface area contributed by atoms with Crippen LogP contribution in [0.25, 0.3) is 0 Å². The number of carboxylic acid groups (broad SMARTS) is 1. The van der Waals surface area contributed by atoms with Gasteiger partial charge < -0.3 is 15.7 Å². The summed E-state index contributed by atoms with van der Waals surface area (Å²) in [5, 5.41) is 9.64. The summed E-state index contributed by atoms with van der Waals surface area (Å²) in [6.45, 7) is 0.711. The number of rotatable bonds is 9. The van der Waals surface area contributed by atoms with E-state index in [2.05, 4.69) is 0 Å². The van der Waals surface area contributed by atoms with Crippen LogP contribution in [0.3, 0.4) is 0 Å². The molecule has 0 radical (unpaired) electrons. The van der Waals surface area contributed by atoms with E-state index >= 15 is 0 Å². The fourth-order valence-corrected chi connectivity index (χ4v) is 4.20. The Morgan fingerprint density at radius 3 is 2.17 bits per heavy atom. The first-order chi connectivity index (χ1) is 14.0. The molecule has 1 heterocycles. The molecule has 2 aromatic rings. The number of carbonyl (C=O) groups excluding carboxylic acids is 1. The van der Waals surface area contributed by atoms with Crippen molar-refractivity contribution in [3.05, 3.63) is 71.8 Å². The minimum atomic E-state index is -0.773. The van der Waals surface area contributed by atoms with Gasteiger partial charge >= 0.3 is 5.97 Å². The van der Waals surface area contributed by atoms with Crippen molar-refractivity contribution in [1.29, 1.82) is 0 Å². The van der Waals surface area contributed by atoms with Crippen molar-refractivity contribution < 1.29 is 14.7 Å². The van der Waals surface area contributed by atoms with Crippen molar-refractivity contribution in [2.75, 3.05) is 6.54 Å². The Hall–Kier alpha value is -2.66. The van der Waals surface area contributed by atoms with E-state index in [0.717, 1.165) is 24.0 Å². The first-order valence-corrected chi connectivity index (χ1v) is 10.4. The van der Waals surface area contributed by atoms with E-state index < -0.39 is 17.9 Å². The van der Waals surface area contributed by atoms with E-state index in [1.54, 1.807) is 0 Å². The lowest BCUT2D eigenvalue weighted by Crippen LogP contribution is -2.47. The molecule has 1 fully saturated rings. The van der Waals surface area contributed by atoms with Gasteiger partial charge in [0.15, 0.2) is 0 Å². The zero-order valence-electron chi connectivity index (χ0n) is 16.7. The van der Waals surface area contributed by atoms with Gasteiger partial charge in [0.2, 0.25) is 5.91 Å². The molecule has 3 rings (SSSR count). The molecule has 5 nitrogen and oxygen atoms in total. The van der Waals surface area contributed by atoms with Crippen LogP contribution < -0.4 is 5.73 Å². The number of hydrogen-bond donors (Lipinski definition) is 2. The number of amides is 1. The van der Waals surface area contributed by atoms with Gasteiger partial charge in [-0.1, -0.05) is 60.7 Å². The Labute approximate surface area is 172 Å². The van der Waals surface area contributed by atoms with Crippen molar-refractivity contribution in [3.8, 4) is 0 Å². The largest absolute Gasteiger partial charge is 0.481 e. The number of carbonyl (C=O) groups is 2. The van der Waals surface area contributed by atoms with Crippen molar-refractivity contribution in [3.63, 3.8) is 0 Å². The van der Waals surface area contributed by atoms with E-state index in [4.69, 9.17) is 5.73 Å². The molecule has 1 saturated heterocycles. The highest BCUT2D eigenvalue weighted by Gasteiger charge is 2.32. The monoisotopic (exact) mass is 394 g/mol. The second kappa shape index (κ2) is 10.2. The average molecular weight is 395 g/mol. The molecular formula is C24H30N2O3. The van der Waals surface area contributed by atoms with E-state index in [9.17, 15) is 14.7 Å². The summed E-state index contributed by atoms with van der Waals surface area (Å²) in [5.74, 6) is -1.23. The van der Waals surface area contributed by atoms with Crippen LogP contribution in [0.1, 0.15) is 36.8 Å². The molecule has 5 heteroatoms. The molecule has 0 bridgehead atoms. The van der Waals surface area contributed by atoms with Gasteiger partial charge in [-0.25, -0.2) is 0 Å². The maximum Gasteiger partial charge on any atom is 0.306 e. The number of nitrogens with zero attached hydrogens (tertiary/aromatic N) is 1. The highest BCUT2D eigenvalue weighted by molar-refractivity contribution is 5.82. The zero-order chi connectivity index (χ0) is 20.6. The summed E-state index contributed by atoms with van der Waals surface area (Å²) in [4.78, 5) is 26.5. The predicted molar refractivity (Wildman–Crippen MR) is 113 cm³/mol. The lowest BCUT2D eigenvalue weighted by Gasteiger charge is -2.28. The minimum Gasteiger partial charge on any atom is -0.481 e. The van der Waals surface area contributed by atoms with Crippen LogP contribution in [0.15, 0.2) is 60.7 Å². The van der Waals surface area contributed by atoms with Crippen LogP contribution in [0.4, 0.5) is 0 Å². The zero-order valence-corrected chi connectivity index (χ0v) is 16.7. The summed E-state index contributed by atoms with van der Waals surface area (Å²) in [5.41, 5.74) is 8.30. The van der Waals surface area contributed by atoms with Crippen LogP contribution in [-0.2, 0) is 22.4 Å². The molecule has 1 aliphatic heterocycles. The lowest BCUT2D eigenvalue weighted by atomic mass is 9.92. The first-order valence-electron chi connectivity index (χ1n) is 10.4. The first kappa shape index (κ1) is 21.1. The number of likely N-dealkylation sites (tertiary alicyclic amines) is 1. The van der Waals surface area contributed by atoms with Gasteiger partial charge in [0.25, 0.3) is 0 Å². The molecule has 0 aromatic heterocycles. The van der Waals surface area contributed by atoms with E-state index in [1.807, 2.05) is 65.6 Å². The van der Waals surface area contributed by atoms with Crippen molar-refractivity contribution >= 4 is 11.9 Å². The highest BCUT2D eigenvalue weighted by Crippen LogP contribution is 2.25.